The molecule has 0 bridgehead atoms. The Morgan fingerprint density at radius 1 is 1.32 bits per heavy atom. The summed E-state index contributed by atoms with van der Waals surface area (Å²) >= 11 is 5.75. The number of hydrogen-bond acceptors (Lipinski definition) is 5. The number of carbonyl (C=O) groups excluding carboxylic acids is 1. The average molecular weight is 438 g/mol. The van der Waals surface area contributed by atoms with Crippen LogP contribution in [0.3, 0.4) is 0 Å². The second-order valence-corrected chi connectivity index (χ2v) is 8.07. The Bertz CT molecular complexity index is 999. The number of nitrogens with one attached hydrogen (secondary N) is 1. The van der Waals surface area contributed by atoms with Gasteiger partial charge in [0.25, 0.3) is 0 Å². The maximum absolute atomic E-state index is 12.7. The monoisotopic (exact) mass is 437 g/mol. The molecule has 0 spiro atoms. The van der Waals surface area contributed by atoms with Crippen molar-refractivity contribution in [3.05, 3.63) is 47.1 Å². The quantitative estimate of drug-likeness (QED) is 0.748. The van der Waals surface area contributed by atoms with Crippen LogP contribution < -0.4 is 5.32 Å². The van der Waals surface area contributed by atoms with E-state index in [2.05, 4.69) is 10.3 Å². The van der Waals surface area contributed by atoms with Crippen molar-refractivity contribution >= 4 is 33.3 Å². The minimum absolute atomic E-state index is 0.169. The molecule has 0 radical (unpaired) electrons. The Kier molecular flexibility index (Phi) is 6.21. The number of carbonyl (C=O) groups is 1. The second-order valence-electron chi connectivity index (χ2n) is 5.70. The van der Waals surface area contributed by atoms with Crippen molar-refractivity contribution in [1.29, 1.82) is 0 Å². The molecule has 1 atom stereocenters. The first kappa shape index (κ1) is 21.9. The lowest BCUT2D eigenvalue weighted by Crippen LogP contribution is -2.43. The summed E-state index contributed by atoms with van der Waals surface area (Å²) < 4.78 is 64.2. The second kappa shape index (κ2) is 7.94. The zero-order valence-corrected chi connectivity index (χ0v) is 16.1. The van der Waals surface area contributed by atoms with E-state index in [1.165, 1.54) is 25.3 Å². The number of aromatic nitrogens is 1. The van der Waals surface area contributed by atoms with Crippen LogP contribution in [0.1, 0.15) is 12.5 Å². The SMILES string of the molecule is C[C@@H](C(=O)Nc1ncccc1O)N(C)S(=O)(=O)c1ccc(C(F)(F)F)cc1Cl. The molecule has 0 aliphatic heterocycles. The summed E-state index contributed by atoms with van der Waals surface area (Å²) in [5.41, 5.74) is -1.10. The third kappa shape index (κ3) is 4.54. The number of sulfonamides is 1. The smallest absolute Gasteiger partial charge is 0.416 e. The lowest BCUT2D eigenvalue weighted by molar-refractivity contribution is -0.137. The number of pyridine rings is 1. The Labute approximate surface area is 163 Å². The predicted molar refractivity (Wildman–Crippen MR) is 95.4 cm³/mol. The minimum atomic E-state index is -4.68. The molecule has 0 saturated heterocycles. The molecule has 1 aromatic heterocycles. The first-order chi connectivity index (χ1) is 12.9. The van der Waals surface area contributed by atoms with E-state index in [1.54, 1.807) is 0 Å². The van der Waals surface area contributed by atoms with Crippen molar-refractivity contribution in [2.24, 2.45) is 0 Å². The fourth-order valence-corrected chi connectivity index (χ4v) is 3.97. The predicted octanol–water partition coefficient (Wildman–Crippen LogP) is 3.11. The number of anilines is 1. The van der Waals surface area contributed by atoms with Crippen molar-refractivity contribution in [1.82, 2.24) is 9.29 Å². The van der Waals surface area contributed by atoms with Gasteiger partial charge in [-0.05, 0) is 37.3 Å². The van der Waals surface area contributed by atoms with Gasteiger partial charge >= 0.3 is 6.18 Å². The van der Waals surface area contributed by atoms with Gasteiger partial charge in [-0.2, -0.15) is 17.5 Å². The zero-order valence-electron chi connectivity index (χ0n) is 14.5. The van der Waals surface area contributed by atoms with Crippen molar-refractivity contribution in [3.63, 3.8) is 0 Å². The molecule has 0 saturated carbocycles. The molecule has 0 fully saturated rings. The maximum Gasteiger partial charge on any atom is 0.416 e. The summed E-state index contributed by atoms with van der Waals surface area (Å²) in [6.45, 7) is 1.25. The van der Waals surface area contributed by atoms with Gasteiger partial charge in [-0.25, -0.2) is 13.4 Å². The van der Waals surface area contributed by atoms with Crippen LogP contribution in [0.2, 0.25) is 5.02 Å². The number of alkyl halides is 3. The van der Waals surface area contributed by atoms with Crippen LogP contribution in [0.25, 0.3) is 0 Å². The fraction of sp³-hybridized carbons (Fsp3) is 0.250. The summed E-state index contributed by atoms with van der Waals surface area (Å²) in [5, 5.41) is 11.3. The molecule has 2 aromatic rings. The van der Waals surface area contributed by atoms with E-state index in [0.717, 1.165) is 13.1 Å². The third-order valence-corrected chi connectivity index (χ3v) is 6.28. The highest BCUT2D eigenvalue weighted by molar-refractivity contribution is 7.89. The molecule has 1 amide bonds. The largest absolute Gasteiger partial charge is 0.504 e. The van der Waals surface area contributed by atoms with Crippen molar-refractivity contribution in [3.8, 4) is 5.75 Å². The van der Waals surface area contributed by atoms with E-state index in [1.807, 2.05) is 0 Å². The number of amides is 1. The van der Waals surface area contributed by atoms with E-state index < -0.39 is 43.6 Å². The minimum Gasteiger partial charge on any atom is -0.504 e. The van der Waals surface area contributed by atoms with Crippen LogP contribution in [-0.4, -0.2) is 41.8 Å². The van der Waals surface area contributed by atoms with Gasteiger partial charge in [0.15, 0.2) is 11.6 Å². The standard InChI is InChI=1S/C16H15ClF3N3O4S/c1-9(15(25)22-14-12(24)4-3-7-21-14)23(2)28(26,27)13-6-5-10(8-11(13)17)16(18,19)20/h3-9,24H,1-2H3,(H,21,22,25)/t9-/m0/s1. The zero-order chi connectivity index (χ0) is 21.3. The van der Waals surface area contributed by atoms with Crippen LogP contribution in [0.5, 0.6) is 5.75 Å². The molecule has 28 heavy (non-hydrogen) atoms. The molecule has 2 rings (SSSR count). The number of rotatable bonds is 5. The average Bonchev–Trinajstić information content (AvgIpc) is 2.61. The van der Waals surface area contributed by atoms with Crippen molar-refractivity contribution in [2.75, 3.05) is 12.4 Å². The van der Waals surface area contributed by atoms with E-state index in [0.29, 0.717) is 16.4 Å². The maximum atomic E-state index is 12.7. The highest BCUT2D eigenvalue weighted by atomic mass is 35.5. The van der Waals surface area contributed by atoms with E-state index >= 15 is 0 Å². The Morgan fingerprint density at radius 3 is 2.50 bits per heavy atom. The topological polar surface area (TPSA) is 99.6 Å². The number of benzene rings is 1. The molecular formula is C16H15ClF3N3O4S. The van der Waals surface area contributed by atoms with E-state index in [9.17, 15) is 31.5 Å². The Balaban J connectivity index is 2.27. The van der Waals surface area contributed by atoms with Gasteiger partial charge in [0, 0.05) is 13.2 Å². The molecule has 0 aliphatic rings. The van der Waals surface area contributed by atoms with Crippen molar-refractivity contribution < 1.29 is 31.5 Å². The van der Waals surface area contributed by atoms with E-state index in [-0.39, 0.29) is 11.6 Å². The molecule has 7 nitrogen and oxygen atoms in total. The number of likely N-dealkylation sites (N-methyl/N-ethyl adjacent to an activating group) is 1. The van der Waals surface area contributed by atoms with Crippen LogP contribution in [0, 0.1) is 0 Å². The molecular weight excluding hydrogens is 423 g/mol. The molecule has 12 heteroatoms. The highest BCUT2D eigenvalue weighted by Crippen LogP contribution is 2.34. The first-order valence-electron chi connectivity index (χ1n) is 7.65. The molecule has 0 unspecified atom stereocenters. The Hall–Kier alpha value is -2.37. The number of hydrogen-bond donors (Lipinski definition) is 2. The van der Waals surface area contributed by atoms with Gasteiger partial charge in [0.2, 0.25) is 15.9 Å². The highest BCUT2D eigenvalue weighted by Gasteiger charge is 2.35. The van der Waals surface area contributed by atoms with Crippen LogP contribution in [-0.2, 0) is 21.0 Å². The summed E-state index contributed by atoms with van der Waals surface area (Å²) in [6.07, 6.45) is -3.38. The molecule has 1 aromatic carbocycles. The normalized spacial score (nSPS) is 13.4. The van der Waals surface area contributed by atoms with E-state index in [4.69, 9.17) is 11.6 Å². The van der Waals surface area contributed by atoms with Crippen LogP contribution in [0.15, 0.2) is 41.4 Å². The number of aromatic hydroxyl groups is 1. The van der Waals surface area contributed by atoms with Gasteiger partial charge in [0.1, 0.15) is 10.9 Å². The van der Waals surface area contributed by atoms with Gasteiger partial charge in [0.05, 0.1) is 10.6 Å². The number of halogens is 4. The summed E-state index contributed by atoms with van der Waals surface area (Å²) in [5.74, 6) is -1.31. The molecule has 2 N–H and O–H groups in total. The summed E-state index contributed by atoms with van der Waals surface area (Å²) in [6, 6.07) is 3.23. The van der Waals surface area contributed by atoms with Crippen LogP contribution >= 0.6 is 11.6 Å². The third-order valence-electron chi connectivity index (χ3n) is 3.87. The Morgan fingerprint density at radius 2 is 1.96 bits per heavy atom. The van der Waals surface area contributed by atoms with Gasteiger partial charge in [-0.15, -0.1) is 0 Å². The van der Waals surface area contributed by atoms with Crippen molar-refractivity contribution in [2.45, 2.75) is 24.0 Å². The van der Waals surface area contributed by atoms with Gasteiger partial charge in [-0.1, -0.05) is 11.6 Å². The number of nitrogens with zero attached hydrogens (tertiary/aromatic N) is 2. The summed E-state index contributed by atoms with van der Waals surface area (Å²) in [4.78, 5) is 15.5. The summed E-state index contributed by atoms with van der Waals surface area (Å²) in [7, 11) is -3.31. The molecule has 152 valence electrons. The fourth-order valence-electron chi connectivity index (χ4n) is 2.13. The van der Waals surface area contributed by atoms with Gasteiger partial charge < -0.3 is 10.4 Å². The molecule has 0 aliphatic carbocycles. The first-order valence-corrected chi connectivity index (χ1v) is 9.47. The van der Waals surface area contributed by atoms with Gasteiger partial charge in [-0.3, -0.25) is 4.79 Å². The molecule has 1 heterocycles. The lowest BCUT2D eigenvalue weighted by Gasteiger charge is -2.24. The van der Waals surface area contributed by atoms with Crippen LogP contribution in [0.4, 0.5) is 19.0 Å². The lowest BCUT2D eigenvalue weighted by atomic mass is 10.2.